The lowest BCUT2D eigenvalue weighted by Crippen LogP contribution is -2.32. The zero-order valence-corrected chi connectivity index (χ0v) is 10.4. The Morgan fingerprint density at radius 2 is 2.17 bits per heavy atom. The highest BCUT2D eigenvalue weighted by molar-refractivity contribution is 6.03. The van der Waals surface area contributed by atoms with E-state index in [9.17, 15) is 14.7 Å². The number of carboxylic acids is 1. The molecule has 0 bridgehead atoms. The molecule has 1 aliphatic heterocycles. The first-order chi connectivity index (χ1) is 8.50. The number of nitrogens with zero attached hydrogens (tertiary/aromatic N) is 1. The van der Waals surface area contributed by atoms with Gasteiger partial charge in [-0.05, 0) is 26.0 Å². The standard InChI is InChI=1S/C13H16N2O3/c1-8(2)15-7-6-11(16)14-10-5-3-4-9(12(10)15)13(17)18/h3-5,8H,6-7H2,1-2H3,(H,14,16)(H,17,18). The number of carbonyl (C=O) groups is 2. The van der Waals surface area contributed by atoms with Gasteiger partial charge in [0.1, 0.15) is 0 Å². The summed E-state index contributed by atoms with van der Waals surface area (Å²) in [6, 6.07) is 5.08. The van der Waals surface area contributed by atoms with Gasteiger partial charge in [0.2, 0.25) is 5.91 Å². The molecule has 1 heterocycles. The van der Waals surface area contributed by atoms with Crippen molar-refractivity contribution in [3.63, 3.8) is 0 Å². The molecule has 1 aromatic carbocycles. The first-order valence-electron chi connectivity index (χ1n) is 5.93. The van der Waals surface area contributed by atoms with Crippen molar-refractivity contribution in [2.24, 2.45) is 0 Å². The van der Waals surface area contributed by atoms with Crippen LogP contribution in [-0.4, -0.2) is 29.6 Å². The normalized spacial score (nSPS) is 15.1. The van der Waals surface area contributed by atoms with Crippen molar-refractivity contribution in [1.82, 2.24) is 0 Å². The molecular formula is C13H16N2O3. The zero-order chi connectivity index (χ0) is 13.3. The average Bonchev–Trinajstić information content (AvgIpc) is 2.46. The molecule has 2 rings (SSSR count). The monoisotopic (exact) mass is 248 g/mol. The maximum absolute atomic E-state index is 11.6. The Kier molecular flexibility index (Phi) is 3.23. The minimum Gasteiger partial charge on any atom is -0.478 e. The van der Waals surface area contributed by atoms with Gasteiger partial charge in [0.25, 0.3) is 0 Å². The van der Waals surface area contributed by atoms with Gasteiger partial charge >= 0.3 is 5.97 Å². The zero-order valence-electron chi connectivity index (χ0n) is 10.4. The lowest BCUT2D eigenvalue weighted by molar-refractivity contribution is -0.115. The molecule has 0 saturated carbocycles. The number of nitrogens with one attached hydrogen (secondary N) is 1. The molecule has 0 saturated heterocycles. The predicted octanol–water partition coefficient (Wildman–Crippen LogP) is 1.94. The molecule has 1 amide bonds. The van der Waals surface area contributed by atoms with Gasteiger partial charge in [-0.2, -0.15) is 0 Å². The van der Waals surface area contributed by atoms with E-state index in [1.807, 2.05) is 18.7 Å². The summed E-state index contributed by atoms with van der Waals surface area (Å²) in [5.41, 5.74) is 1.40. The van der Waals surface area contributed by atoms with Crippen LogP contribution in [0.1, 0.15) is 30.6 Å². The number of rotatable bonds is 2. The fraction of sp³-hybridized carbons (Fsp3) is 0.385. The maximum atomic E-state index is 11.6. The van der Waals surface area contributed by atoms with Crippen LogP contribution < -0.4 is 10.2 Å². The number of amides is 1. The largest absolute Gasteiger partial charge is 0.478 e. The minimum absolute atomic E-state index is 0.0815. The number of carbonyl (C=O) groups excluding carboxylic acids is 1. The van der Waals surface area contributed by atoms with E-state index in [1.165, 1.54) is 0 Å². The van der Waals surface area contributed by atoms with Gasteiger partial charge in [-0.1, -0.05) is 6.07 Å². The van der Waals surface area contributed by atoms with Crippen molar-refractivity contribution in [2.45, 2.75) is 26.3 Å². The summed E-state index contributed by atoms with van der Waals surface area (Å²) >= 11 is 0. The molecule has 0 unspecified atom stereocenters. The first kappa shape index (κ1) is 12.4. The SMILES string of the molecule is CC(C)N1CCC(=O)Nc2cccc(C(=O)O)c21. The Labute approximate surface area is 105 Å². The highest BCUT2D eigenvalue weighted by atomic mass is 16.4. The van der Waals surface area contributed by atoms with E-state index in [4.69, 9.17) is 0 Å². The topological polar surface area (TPSA) is 69.6 Å². The molecule has 2 N–H and O–H groups in total. The van der Waals surface area contributed by atoms with Crippen molar-refractivity contribution < 1.29 is 14.7 Å². The number of aromatic carboxylic acids is 1. The molecule has 0 aromatic heterocycles. The molecular weight excluding hydrogens is 232 g/mol. The van der Waals surface area contributed by atoms with Crippen molar-refractivity contribution in [1.29, 1.82) is 0 Å². The smallest absolute Gasteiger partial charge is 0.337 e. The van der Waals surface area contributed by atoms with E-state index < -0.39 is 5.97 Å². The van der Waals surface area contributed by atoms with Gasteiger partial charge in [0.05, 0.1) is 16.9 Å². The molecule has 5 heteroatoms. The van der Waals surface area contributed by atoms with E-state index >= 15 is 0 Å². The molecule has 1 aliphatic rings. The molecule has 18 heavy (non-hydrogen) atoms. The highest BCUT2D eigenvalue weighted by Crippen LogP contribution is 2.33. The Morgan fingerprint density at radius 1 is 1.44 bits per heavy atom. The van der Waals surface area contributed by atoms with Crippen molar-refractivity contribution in [3.8, 4) is 0 Å². The Morgan fingerprint density at radius 3 is 2.78 bits per heavy atom. The van der Waals surface area contributed by atoms with Crippen LogP contribution in [0.15, 0.2) is 18.2 Å². The fourth-order valence-electron chi connectivity index (χ4n) is 2.19. The first-order valence-corrected chi connectivity index (χ1v) is 5.93. The van der Waals surface area contributed by atoms with Crippen LogP contribution >= 0.6 is 0 Å². The number of fused-ring (bicyclic) bond motifs is 1. The molecule has 0 atom stereocenters. The van der Waals surface area contributed by atoms with Crippen LogP contribution in [0.4, 0.5) is 11.4 Å². The Balaban J connectivity index is 2.61. The van der Waals surface area contributed by atoms with Crippen molar-refractivity contribution in [2.75, 3.05) is 16.8 Å². The van der Waals surface area contributed by atoms with Crippen LogP contribution in [0.3, 0.4) is 0 Å². The summed E-state index contributed by atoms with van der Waals surface area (Å²) in [5, 5.41) is 12.0. The highest BCUT2D eigenvalue weighted by Gasteiger charge is 2.25. The van der Waals surface area contributed by atoms with E-state index in [2.05, 4.69) is 5.32 Å². The predicted molar refractivity (Wildman–Crippen MR) is 69.1 cm³/mol. The third-order valence-corrected chi connectivity index (χ3v) is 3.03. The Hall–Kier alpha value is -2.04. The average molecular weight is 248 g/mol. The summed E-state index contributed by atoms with van der Waals surface area (Å²) in [5.74, 6) is -1.06. The lowest BCUT2D eigenvalue weighted by Gasteiger charge is -2.29. The van der Waals surface area contributed by atoms with E-state index in [-0.39, 0.29) is 17.5 Å². The van der Waals surface area contributed by atoms with Crippen molar-refractivity contribution >= 4 is 23.3 Å². The van der Waals surface area contributed by atoms with Gasteiger partial charge < -0.3 is 15.3 Å². The number of para-hydroxylation sites is 1. The second-order valence-electron chi connectivity index (χ2n) is 4.59. The van der Waals surface area contributed by atoms with Crippen LogP contribution in [0, 0.1) is 0 Å². The molecule has 0 fully saturated rings. The quantitative estimate of drug-likeness (QED) is 0.839. The molecule has 0 spiro atoms. The van der Waals surface area contributed by atoms with Gasteiger partial charge in [0, 0.05) is 19.0 Å². The van der Waals surface area contributed by atoms with Crippen LogP contribution in [0.5, 0.6) is 0 Å². The van der Waals surface area contributed by atoms with Gasteiger partial charge in [-0.3, -0.25) is 4.79 Å². The van der Waals surface area contributed by atoms with Gasteiger partial charge in [-0.15, -0.1) is 0 Å². The number of benzene rings is 1. The van der Waals surface area contributed by atoms with Crippen LogP contribution in [-0.2, 0) is 4.79 Å². The fourth-order valence-corrected chi connectivity index (χ4v) is 2.19. The summed E-state index contributed by atoms with van der Waals surface area (Å²) in [6.07, 6.45) is 0.367. The number of hydrogen-bond donors (Lipinski definition) is 2. The number of carboxylic acid groups (broad SMARTS) is 1. The van der Waals surface area contributed by atoms with Crippen LogP contribution in [0.25, 0.3) is 0 Å². The Bertz CT molecular complexity index is 497. The number of hydrogen-bond acceptors (Lipinski definition) is 3. The summed E-state index contributed by atoms with van der Waals surface area (Å²) in [7, 11) is 0. The summed E-state index contributed by atoms with van der Waals surface area (Å²) < 4.78 is 0. The lowest BCUT2D eigenvalue weighted by atomic mass is 10.1. The molecule has 96 valence electrons. The van der Waals surface area contributed by atoms with E-state index in [0.717, 1.165) is 0 Å². The molecule has 1 aromatic rings. The van der Waals surface area contributed by atoms with Crippen LogP contribution in [0.2, 0.25) is 0 Å². The molecule has 5 nitrogen and oxygen atoms in total. The third-order valence-electron chi connectivity index (χ3n) is 3.03. The third kappa shape index (κ3) is 2.16. The maximum Gasteiger partial charge on any atom is 0.337 e. The van der Waals surface area contributed by atoms with Gasteiger partial charge in [0.15, 0.2) is 0 Å². The van der Waals surface area contributed by atoms with E-state index in [1.54, 1.807) is 18.2 Å². The van der Waals surface area contributed by atoms with E-state index in [0.29, 0.717) is 24.3 Å². The molecule has 0 aliphatic carbocycles. The summed E-state index contributed by atoms with van der Waals surface area (Å²) in [6.45, 7) is 4.50. The second-order valence-corrected chi connectivity index (χ2v) is 4.59. The summed E-state index contributed by atoms with van der Waals surface area (Å²) in [4.78, 5) is 24.9. The number of anilines is 2. The van der Waals surface area contributed by atoms with Gasteiger partial charge in [-0.25, -0.2) is 4.79 Å². The van der Waals surface area contributed by atoms with Crippen molar-refractivity contribution in [3.05, 3.63) is 23.8 Å². The molecule has 0 radical (unpaired) electrons. The second kappa shape index (κ2) is 4.68. The minimum atomic E-state index is -0.978.